The number of aryl methyl sites for hydroxylation is 2. The summed E-state index contributed by atoms with van der Waals surface area (Å²) in [5, 5.41) is 4.14. The van der Waals surface area contributed by atoms with Crippen LogP contribution in [0.4, 0.5) is 5.82 Å². The van der Waals surface area contributed by atoms with Crippen LogP contribution in [0.1, 0.15) is 5.76 Å². The molecule has 3 heterocycles. The molecule has 0 unspecified atom stereocenters. The van der Waals surface area contributed by atoms with Crippen molar-refractivity contribution in [3.63, 3.8) is 0 Å². The zero-order chi connectivity index (χ0) is 14.1. The Labute approximate surface area is 115 Å². The number of hydrazine groups is 1. The topological polar surface area (TPSA) is 94.8 Å². The summed E-state index contributed by atoms with van der Waals surface area (Å²) < 4.78 is 7.01. The molecule has 102 valence electrons. The third kappa shape index (κ3) is 2.14. The minimum atomic E-state index is 0.537. The molecule has 0 atom stereocenters. The molecule has 7 nitrogen and oxygen atoms in total. The monoisotopic (exact) mass is 270 g/mol. The van der Waals surface area contributed by atoms with E-state index in [0.717, 1.165) is 22.6 Å². The number of nitrogens with two attached hydrogens (primary N) is 1. The summed E-state index contributed by atoms with van der Waals surface area (Å²) in [4.78, 5) is 8.90. The van der Waals surface area contributed by atoms with Crippen LogP contribution in [0.25, 0.3) is 22.6 Å². The van der Waals surface area contributed by atoms with Crippen LogP contribution in [0, 0.1) is 6.92 Å². The van der Waals surface area contributed by atoms with Gasteiger partial charge in [-0.25, -0.2) is 15.8 Å². The molecule has 0 saturated carbocycles. The molecular weight excluding hydrogens is 256 g/mol. The summed E-state index contributed by atoms with van der Waals surface area (Å²) in [5.41, 5.74) is 5.04. The van der Waals surface area contributed by atoms with Gasteiger partial charge in [0.25, 0.3) is 0 Å². The molecule has 0 aromatic carbocycles. The predicted molar refractivity (Wildman–Crippen MR) is 74.5 cm³/mol. The number of hydrogen-bond acceptors (Lipinski definition) is 6. The quantitative estimate of drug-likeness (QED) is 0.556. The molecule has 0 aliphatic rings. The standard InChI is InChI=1S/C13H14N6O/c1-8-10(3-4-20-8)13-16-11(5-12(17-13)18-14)9-6-15-19(2)7-9/h3-7H,14H2,1-2H3,(H,16,17,18). The first kappa shape index (κ1) is 12.4. The number of anilines is 1. The molecule has 20 heavy (non-hydrogen) atoms. The Morgan fingerprint density at radius 1 is 1.35 bits per heavy atom. The van der Waals surface area contributed by atoms with E-state index in [1.165, 1.54) is 0 Å². The number of nitrogen functional groups attached to an aromatic ring is 1. The van der Waals surface area contributed by atoms with Gasteiger partial charge in [-0.05, 0) is 13.0 Å². The Balaban J connectivity index is 2.15. The van der Waals surface area contributed by atoms with Gasteiger partial charge in [0.1, 0.15) is 11.6 Å². The number of rotatable bonds is 3. The van der Waals surface area contributed by atoms with Gasteiger partial charge in [-0.1, -0.05) is 0 Å². The number of nitrogens with zero attached hydrogens (tertiary/aromatic N) is 4. The van der Waals surface area contributed by atoms with Crippen LogP contribution < -0.4 is 11.3 Å². The summed E-state index contributed by atoms with van der Waals surface area (Å²) in [5.74, 6) is 7.34. The molecule has 3 aromatic rings. The van der Waals surface area contributed by atoms with Gasteiger partial charge in [0.15, 0.2) is 5.82 Å². The van der Waals surface area contributed by atoms with Crippen molar-refractivity contribution >= 4 is 5.82 Å². The van der Waals surface area contributed by atoms with E-state index in [1.807, 2.05) is 26.2 Å². The average molecular weight is 270 g/mol. The zero-order valence-corrected chi connectivity index (χ0v) is 11.2. The third-order valence-electron chi connectivity index (χ3n) is 2.97. The lowest BCUT2D eigenvalue weighted by Gasteiger charge is -2.06. The van der Waals surface area contributed by atoms with E-state index in [-0.39, 0.29) is 0 Å². The average Bonchev–Trinajstić information content (AvgIpc) is 3.07. The molecule has 0 saturated heterocycles. The molecule has 3 aromatic heterocycles. The Morgan fingerprint density at radius 2 is 2.20 bits per heavy atom. The molecule has 0 spiro atoms. The molecule has 0 aliphatic heterocycles. The van der Waals surface area contributed by atoms with Crippen molar-refractivity contribution < 1.29 is 4.42 Å². The van der Waals surface area contributed by atoms with E-state index in [9.17, 15) is 0 Å². The van der Waals surface area contributed by atoms with Crippen LogP contribution in [0.3, 0.4) is 0 Å². The lowest BCUT2D eigenvalue weighted by atomic mass is 10.2. The van der Waals surface area contributed by atoms with Crippen LogP contribution in [-0.2, 0) is 7.05 Å². The molecule has 0 aliphatic carbocycles. The van der Waals surface area contributed by atoms with E-state index >= 15 is 0 Å². The molecule has 3 rings (SSSR count). The van der Waals surface area contributed by atoms with Gasteiger partial charge in [0, 0.05) is 24.9 Å². The lowest BCUT2D eigenvalue weighted by molar-refractivity contribution is 0.535. The Morgan fingerprint density at radius 3 is 2.80 bits per heavy atom. The highest BCUT2D eigenvalue weighted by Gasteiger charge is 2.12. The summed E-state index contributed by atoms with van der Waals surface area (Å²) in [6.07, 6.45) is 5.24. The fraction of sp³-hybridized carbons (Fsp3) is 0.154. The minimum absolute atomic E-state index is 0.537. The molecule has 3 N–H and O–H groups in total. The fourth-order valence-corrected chi connectivity index (χ4v) is 1.96. The van der Waals surface area contributed by atoms with Gasteiger partial charge in [-0.3, -0.25) is 4.68 Å². The van der Waals surface area contributed by atoms with Crippen LogP contribution >= 0.6 is 0 Å². The van der Waals surface area contributed by atoms with E-state index in [2.05, 4.69) is 20.5 Å². The molecule has 0 amide bonds. The number of aromatic nitrogens is 4. The van der Waals surface area contributed by atoms with E-state index in [1.54, 1.807) is 23.2 Å². The molecule has 0 fully saturated rings. The van der Waals surface area contributed by atoms with E-state index in [0.29, 0.717) is 11.6 Å². The number of nitrogens with one attached hydrogen (secondary N) is 1. The second-order valence-corrected chi connectivity index (χ2v) is 4.40. The Bertz CT molecular complexity index is 745. The molecule has 0 radical (unpaired) electrons. The van der Waals surface area contributed by atoms with Gasteiger partial charge in [0.05, 0.1) is 23.7 Å². The zero-order valence-electron chi connectivity index (χ0n) is 11.2. The van der Waals surface area contributed by atoms with Crippen molar-refractivity contribution in [2.45, 2.75) is 6.92 Å². The van der Waals surface area contributed by atoms with Crippen LogP contribution in [0.5, 0.6) is 0 Å². The van der Waals surface area contributed by atoms with Crippen molar-refractivity contribution in [1.29, 1.82) is 0 Å². The fourth-order valence-electron chi connectivity index (χ4n) is 1.96. The maximum Gasteiger partial charge on any atom is 0.165 e. The highest BCUT2D eigenvalue weighted by molar-refractivity contribution is 5.67. The maximum absolute atomic E-state index is 5.48. The van der Waals surface area contributed by atoms with Crippen molar-refractivity contribution in [3.8, 4) is 22.6 Å². The van der Waals surface area contributed by atoms with Crippen LogP contribution in [0.2, 0.25) is 0 Å². The highest BCUT2D eigenvalue weighted by Crippen LogP contribution is 2.26. The normalized spacial score (nSPS) is 10.8. The Hall–Kier alpha value is -2.67. The first-order chi connectivity index (χ1) is 9.67. The number of furan rings is 1. The second-order valence-electron chi connectivity index (χ2n) is 4.40. The van der Waals surface area contributed by atoms with Gasteiger partial charge in [0.2, 0.25) is 0 Å². The first-order valence-electron chi connectivity index (χ1n) is 6.06. The summed E-state index contributed by atoms with van der Waals surface area (Å²) in [6.45, 7) is 1.87. The van der Waals surface area contributed by atoms with Crippen molar-refractivity contribution in [1.82, 2.24) is 19.7 Å². The largest absolute Gasteiger partial charge is 0.469 e. The third-order valence-corrected chi connectivity index (χ3v) is 2.97. The minimum Gasteiger partial charge on any atom is -0.469 e. The van der Waals surface area contributed by atoms with Crippen molar-refractivity contribution in [3.05, 3.63) is 36.5 Å². The summed E-state index contributed by atoms with van der Waals surface area (Å²) in [7, 11) is 1.86. The number of hydrogen-bond donors (Lipinski definition) is 2. The smallest absolute Gasteiger partial charge is 0.165 e. The molecule has 7 heteroatoms. The summed E-state index contributed by atoms with van der Waals surface area (Å²) in [6, 6.07) is 3.61. The lowest BCUT2D eigenvalue weighted by Crippen LogP contribution is -2.09. The van der Waals surface area contributed by atoms with E-state index in [4.69, 9.17) is 10.3 Å². The predicted octanol–water partition coefficient (Wildman–Crippen LogP) is 1.73. The second kappa shape index (κ2) is 4.78. The molecular formula is C13H14N6O. The van der Waals surface area contributed by atoms with Gasteiger partial charge in [-0.15, -0.1) is 0 Å². The van der Waals surface area contributed by atoms with Crippen molar-refractivity contribution in [2.24, 2.45) is 12.9 Å². The molecule has 0 bridgehead atoms. The van der Waals surface area contributed by atoms with Gasteiger partial charge in [-0.2, -0.15) is 5.10 Å². The van der Waals surface area contributed by atoms with Crippen LogP contribution in [0.15, 0.2) is 35.2 Å². The maximum atomic E-state index is 5.48. The highest BCUT2D eigenvalue weighted by atomic mass is 16.3. The Kier molecular flexibility index (Phi) is 2.96. The SMILES string of the molecule is Cc1occc1-c1nc(NN)cc(-c2cnn(C)c2)n1. The first-order valence-corrected chi connectivity index (χ1v) is 6.06. The van der Waals surface area contributed by atoms with Crippen molar-refractivity contribution in [2.75, 3.05) is 5.43 Å². The summed E-state index contributed by atoms with van der Waals surface area (Å²) >= 11 is 0. The van der Waals surface area contributed by atoms with Gasteiger partial charge >= 0.3 is 0 Å². The van der Waals surface area contributed by atoms with Gasteiger partial charge < -0.3 is 9.84 Å². The van der Waals surface area contributed by atoms with E-state index < -0.39 is 0 Å². The van der Waals surface area contributed by atoms with Crippen LogP contribution in [-0.4, -0.2) is 19.7 Å².